The normalized spacial score (nSPS) is 10.4. The van der Waals surface area contributed by atoms with E-state index in [1.807, 2.05) is 0 Å². The molecule has 0 aliphatic heterocycles. The van der Waals surface area contributed by atoms with Crippen molar-refractivity contribution in [2.75, 3.05) is 11.9 Å². The molecule has 4 nitrogen and oxygen atoms in total. The maximum Gasteiger partial charge on any atom is 0.387 e. The van der Waals surface area contributed by atoms with Crippen LogP contribution in [0.1, 0.15) is 6.42 Å². The molecular formula is C16H14F3NO3. The van der Waals surface area contributed by atoms with Crippen molar-refractivity contribution in [2.45, 2.75) is 13.0 Å². The summed E-state index contributed by atoms with van der Waals surface area (Å²) in [4.78, 5) is 11.8. The van der Waals surface area contributed by atoms with Gasteiger partial charge in [0, 0.05) is 0 Å². The summed E-state index contributed by atoms with van der Waals surface area (Å²) in [5.74, 6) is -1.08. The number of halogens is 3. The van der Waals surface area contributed by atoms with Crippen LogP contribution in [-0.2, 0) is 4.79 Å². The van der Waals surface area contributed by atoms with Crippen LogP contribution in [-0.4, -0.2) is 19.1 Å². The summed E-state index contributed by atoms with van der Waals surface area (Å²) < 4.78 is 47.3. The zero-order valence-electron chi connectivity index (χ0n) is 12.0. The zero-order chi connectivity index (χ0) is 16.7. The molecule has 0 heterocycles. The predicted octanol–water partition coefficient (Wildman–Crippen LogP) is 3.83. The quantitative estimate of drug-likeness (QED) is 0.841. The number of ether oxygens (including phenoxy) is 2. The molecule has 0 saturated carbocycles. The molecule has 0 atom stereocenters. The molecule has 0 unspecified atom stereocenters. The van der Waals surface area contributed by atoms with E-state index in [1.165, 1.54) is 36.4 Å². The SMILES string of the molecule is O=C(CCOc1ccccc1F)Nc1ccccc1OC(F)F. The zero-order valence-corrected chi connectivity index (χ0v) is 12.0. The maximum absolute atomic E-state index is 13.3. The molecule has 122 valence electrons. The van der Waals surface area contributed by atoms with Crippen LogP contribution >= 0.6 is 0 Å². The van der Waals surface area contributed by atoms with Crippen molar-refractivity contribution < 1.29 is 27.4 Å². The van der Waals surface area contributed by atoms with Gasteiger partial charge < -0.3 is 14.8 Å². The number of hydrogen-bond acceptors (Lipinski definition) is 3. The highest BCUT2D eigenvalue weighted by molar-refractivity contribution is 5.92. The fourth-order valence-corrected chi connectivity index (χ4v) is 1.80. The fourth-order valence-electron chi connectivity index (χ4n) is 1.80. The summed E-state index contributed by atoms with van der Waals surface area (Å²) >= 11 is 0. The third kappa shape index (κ3) is 5.21. The van der Waals surface area contributed by atoms with Crippen LogP contribution in [0.2, 0.25) is 0 Å². The second kappa shape index (κ2) is 8.07. The van der Waals surface area contributed by atoms with E-state index in [0.29, 0.717) is 0 Å². The van der Waals surface area contributed by atoms with Crippen molar-refractivity contribution in [3.8, 4) is 11.5 Å². The van der Waals surface area contributed by atoms with E-state index in [0.717, 1.165) is 0 Å². The second-order valence-electron chi connectivity index (χ2n) is 4.45. The Morgan fingerprint density at radius 1 is 1.04 bits per heavy atom. The first-order chi connectivity index (χ1) is 11.1. The van der Waals surface area contributed by atoms with E-state index < -0.39 is 18.3 Å². The van der Waals surface area contributed by atoms with Crippen LogP contribution < -0.4 is 14.8 Å². The predicted molar refractivity (Wildman–Crippen MR) is 78.2 cm³/mol. The molecule has 2 aromatic rings. The third-order valence-electron chi connectivity index (χ3n) is 2.80. The van der Waals surface area contributed by atoms with Crippen molar-refractivity contribution in [2.24, 2.45) is 0 Å². The van der Waals surface area contributed by atoms with Crippen molar-refractivity contribution in [3.05, 3.63) is 54.3 Å². The average molecular weight is 325 g/mol. The molecule has 0 fully saturated rings. The molecule has 1 N–H and O–H groups in total. The minimum atomic E-state index is -2.99. The molecule has 0 bridgehead atoms. The van der Waals surface area contributed by atoms with Gasteiger partial charge in [0.25, 0.3) is 0 Å². The van der Waals surface area contributed by atoms with E-state index in [4.69, 9.17) is 4.74 Å². The van der Waals surface area contributed by atoms with E-state index in [2.05, 4.69) is 10.1 Å². The summed E-state index contributed by atoms with van der Waals surface area (Å²) in [5, 5.41) is 2.45. The summed E-state index contributed by atoms with van der Waals surface area (Å²) in [6.45, 7) is -3.04. The standard InChI is InChI=1S/C16H14F3NO3/c17-11-5-1-3-7-13(11)22-10-9-15(21)20-12-6-2-4-8-14(12)23-16(18)19/h1-8,16H,9-10H2,(H,20,21). The molecule has 0 aromatic heterocycles. The minimum absolute atomic E-state index is 0.0433. The van der Waals surface area contributed by atoms with Gasteiger partial charge >= 0.3 is 6.61 Å². The van der Waals surface area contributed by atoms with E-state index >= 15 is 0 Å². The number of hydrogen-bond donors (Lipinski definition) is 1. The Morgan fingerprint density at radius 2 is 1.70 bits per heavy atom. The first kappa shape index (κ1) is 16.7. The van der Waals surface area contributed by atoms with E-state index in [9.17, 15) is 18.0 Å². The largest absolute Gasteiger partial charge is 0.490 e. The number of carbonyl (C=O) groups excluding carboxylic acids is 1. The van der Waals surface area contributed by atoms with Gasteiger partial charge in [0.15, 0.2) is 11.6 Å². The van der Waals surface area contributed by atoms with Crippen LogP contribution in [0.5, 0.6) is 11.5 Å². The van der Waals surface area contributed by atoms with Crippen molar-refractivity contribution >= 4 is 11.6 Å². The van der Waals surface area contributed by atoms with Crippen LogP contribution in [0, 0.1) is 5.82 Å². The van der Waals surface area contributed by atoms with Crippen LogP contribution in [0.3, 0.4) is 0 Å². The number of amides is 1. The van der Waals surface area contributed by atoms with Gasteiger partial charge in [-0.2, -0.15) is 8.78 Å². The van der Waals surface area contributed by atoms with E-state index in [1.54, 1.807) is 12.1 Å². The molecule has 7 heteroatoms. The first-order valence-corrected chi connectivity index (χ1v) is 6.77. The molecule has 23 heavy (non-hydrogen) atoms. The van der Waals surface area contributed by atoms with Crippen LogP contribution in [0.25, 0.3) is 0 Å². The minimum Gasteiger partial charge on any atom is -0.490 e. The highest BCUT2D eigenvalue weighted by Gasteiger charge is 2.11. The molecular weight excluding hydrogens is 311 g/mol. The van der Waals surface area contributed by atoms with Crippen molar-refractivity contribution in [1.29, 1.82) is 0 Å². The molecule has 0 spiro atoms. The smallest absolute Gasteiger partial charge is 0.387 e. The molecule has 0 radical (unpaired) electrons. The molecule has 0 aliphatic rings. The lowest BCUT2D eigenvalue weighted by atomic mass is 10.3. The number of benzene rings is 2. The summed E-state index contributed by atoms with van der Waals surface area (Å²) in [6.07, 6.45) is -0.0721. The molecule has 1 amide bonds. The van der Waals surface area contributed by atoms with Gasteiger partial charge in [-0.05, 0) is 24.3 Å². The van der Waals surface area contributed by atoms with E-state index in [-0.39, 0.29) is 30.2 Å². The van der Waals surface area contributed by atoms with Crippen molar-refractivity contribution in [3.63, 3.8) is 0 Å². The molecule has 0 saturated heterocycles. The van der Waals surface area contributed by atoms with Crippen LogP contribution in [0.4, 0.5) is 18.9 Å². The Bertz CT molecular complexity index is 665. The summed E-state index contributed by atoms with van der Waals surface area (Å²) in [5.41, 5.74) is 0.128. The Morgan fingerprint density at radius 3 is 2.39 bits per heavy atom. The van der Waals surface area contributed by atoms with Gasteiger partial charge in [-0.15, -0.1) is 0 Å². The summed E-state index contributed by atoms with van der Waals surface area (Å²) in [7, 11) is 0. The van der Waals surface area contributed by atoms with Gasteiger partial charge in [-0.25, -0.2) is 4.39 Å². The third-order valence-corrected chi connectivity index (χ3v) is 2.80. The Labute approximate surface area is 130 Å². The molecule has 2 aromatic carbocycles. The Balaban J connectivity index is 1.87. The highest BCUT2D eigenvalue weighted by atomic mass is 19.3. The maximum atomic E-state index is 13.3. The number of anilines is 1. The monoisotopic (exact) mass is 325 g/mol. The Hall–Kier alpha value is -2.70. The lowest BCUT2D eigenvalue weighted by Gasteiger charge is -2.12. The first-order valence-electron chi connectivity index (χ1n) is 6.77. The molecule has 2 rings (SSSR count). The summed E-state index contributed by atoms with van der Waals surface area (Å²) in [6, 6.07) is 11.7. The topological polar surface area (TPSA) is 47.6 Å². The average Bonchev–Trinajstić information content (AvgIpc) is 2.51. The Kier molecular flexibility index (Phi) is 5.85. The second-order valence-corrected chi connectivity index (χ2v) is 4.45. The number of para-hydroxylation sites is 3. The lowest BCUT2D eigenvalue weighted by Crippen LogP contribution is -2.16. The number of carbonyl (C=O) groups is 1. The molecule has 0 aliphatic carbocycles. The van der Waals surface area contributed by atoms with Gasteiger partial charge in [0.1, 0.15) is 5.75 Å². The van der Waals surface area contributed by atoms with Gasteiger partial charge in [-0.3, -0.25) is 4.79 Å². The number of nitrogens with one attached hydrogen (secondary N) is 1. The van der Waals surface area contributed by atoms with Crippen LogP contribution in [0.15, 0.2) is 48.5 Å². The number of rotatable bonds is 7. The van der Waals surface area contributed by atoms with Crippen molar-refractivity contribution in [1.82, 2.24) is 0 Å². The van der Waals surface area contributed by atoms with Gasteiger partial charge in [0.05, 0.1) is 18.7 Å². The number of alkyl halides is 2. The lowest BCUT2D eigenvalue weighted by molar-refractivity contribution is -0.116. The fraction of sp³-hybridized carbons (Fsp3) is 0.188. The highest BCUT2D eigenvalue weighted by Crippen LogP contribution is 2.25. The van der Waals surface area contributed by atoms with Gasteiger partial charge in [0.2, 0.25) is 5.91 Å². The van der Waals surface area contributed by atoms with Gasteiger partial charge in [-0.1, -0.05) is 24.3 Å².